The number of nitrogens with one attached hydrogen (secondary N) is 2. The Labute approximate surface area is 145 Å². The molecule has 1 saturated carbocycles. The number of hydrogen-bond donors (Lipinski definition) is 2. The molecule has 24 heavy (non-hydrogen) atoms. The number of rotatable bonds is 6. The van der Waals surface area contributed by atoms with Gasteiger partial charge in [0.15, 0.2) is 5.76 Å². The van der Waals surface area contributed by atoms with Gasteiger partial charge in [0.05, 0.1) is 12.3 Å². The van der Waals surface area contributed by atoms with Crippen molar-refractivity contribution in [1.29, 1.82) is 0 Å². The normalized spacial score (nSPS) is 17.4. The fourth-order valence-corrected chi connectivity index (χ4v) is 4.07. The van der Waals surface area contributed by atoms with Crippen LogP contribution >= 0.6 is 11.3 Å². The van der Waals surface area contributed by atoms with Crippen molar-refractivity contribution < 1.29 is 14.0 Å². The molecule has 3 rings (SSSR count). The highest BCUT2D eigenvalue weighted by molar-refractivity contribution is 7.10. The second-order valence-electron chi connectivity index (χ2n) is 6.22. The molecule has 0 spiro atoms. The van der Waals surface area contributed by atoms with E-state index in [0.717, 1.165) is 12.8 Å². The van der Waals surface area contributed by atoms with Gasteiger partial charge in [-0.25, -0.2) is 0 Å². The van der Waals surface area contributed by atoms with Crippen LogP contribution in [0.5, 0.6) is 0 Å². The first kappa shape index (κ1) is 16.8. The van der Waals surface area contributed by atoms with Gasteiger partial charge in [-0.15, -0.1) is 11.3 Å². The number of hydrogen-bond acceptors (Lipinski definition) is 4. The van der Waals surface area contributed by atoms with Crippen molar-refractivity contribution in [3.05, 3.63) is 46.5 Å². The molecule has 2 atom stereocenters. The quantitative estimate of drug-likeness (QED) is 0.841. The summed E-state index contributed by atoms with van der Waals surface area (Å²) >= 11 is 1.67. The second-order valence-corrected chi connectivity index (χ2v) is 7.20. The lowest BCUT2D eigenvalue weighted by Crippen LogP contribution is -2.46. The van der Waals surface area contributed by atoms with E-state index in [1.807, 2.05) is 11.4 Å². The summed E-state index contributed by atoms with van der Waals surface area (Å²) in [6.07, 6.45) is 6.14. The van der Waals surface area contributed by atoms with E-state index in [9.17, 15) is 9.59 Å². The van der Waals surface area contributed by atoms with Crippen molar-refractivity contribution in [1.82, 2.24) is 10.6 Å². The topological polar surface area (TPSA) is 71.3 Å². The van der Waals surface area contributed by atoms with Crippen molar-refractivity contribution >= 4 is 23.2 Å². The summed E-state index contributed by atoms with van der Waals surface area (Å²) < 4.78 is 5.06. The monoisotopic (exact) mass is 346 g/mol. The number of furan rings is 1. The van der Waals surface area contributed by atoms with Crippen LogP contribution in [0.25, 0.3) is 0 Å². The predicted molar refractivity (Wildman–Crippen MR) is 92.8 cm³/mol. The van der Waals surface area contributed by atoms with Crippen molar-refractivity contribution in [2.24, 2.45) is 5.92 Å². The summed E-state index contributed by atoms with van der Waals surface area (Å²) in [7, 11) is 0. The second kappa shape index (κ2) is 7.66. The van der Waals surface area contributed by atoms with Crippen molar-refractivity contribution in [2.75, 3.05) is 0 Å². The molecule has 1 aliphatic carbocycles. The van der Waals surface area contributed by atoms with Crippen molar-refractivity contribution in [2.45, 2.75) is 44.7 Å². The minimum Gasteiger partial charge on any atom is -0.459 e. The van der Waals surface area contributed by atoms with E-state index in [1.54, 1.807) is 30.4 Å². The molecule has 2 N–H and O–H groups in total. The average molecular weight is 346 g/mol. The fourth-order valence-electron chi connectivity index (χ4n) is 3.20. The molecule has 0 saturated heterocycles. The minimum absolute atomic E-state index is 0.0305. The molecule has 2 aromatic rings. The van der Waals surface area contributed by atoms with Gasteiger partial charge in [-0.3, -0.25) is 9.59 Å². The van der Waals surface area contributed by atoms with E-state index in [-0.39, 0.29) is 23.6 Å². The summed E-state index contributed by atoms with van der Waals surface area (Å²) in [5, 5.41) is 7.85. The molecule has 2 heterocycles. The van der Waals surface area contributed by atoms with Gasteiger partial charge < -0.3 is 15.1 Å². The molecule has 0 aromatic carbocycles. The third-order valence-electron chi connectivity index (χ3n) is 4.50. The molecule has 1 aliphatic rings. The molecule has 0 aliphatic heterocycles. The third kappa shape index (κ3) is 3.87. The molecule has 128 valence electrons. The van der Waals surface area contributed by atoms with E-state index >= 15 is 0 Å². The van der Waals surface area contributed by atoms with Gasteiger partial charge in [-0.2, -0.15) is 0 Å². The van der Waals surface area contributed by atoms with E-state index in [0.29, 0.717) is 5.92 Å². The zero-order valence-electron chi connectivity index (χ0n) is 13.7. The van der Waals surface area contributed by atoms with Gasteiger partial charge in [-0.05, 0) is 49.3 Å². The van der Waals surface area contributed by atoms with E-state index in [1.165, 1.54) is 24.0 Å². The smallest absolute Gasteiger partial charge is 0.287 e. The van der Waals surface area contributed by atoms with Crippen LogP contribution in [0.2, 0.25) is 0 Å². The maximum absolute atomic E-state index is 12.6. The molecule has 0 bridgehead atoms. The first-order valence-electron chi connectivity index (χ1n) is 8.33. The van der Waals surface area contributed by atoms with Gasteiger partial charge in [0.2, 0.25) is 5.91 Å². The zero-order chi connectivity index (χ0) is 16.9. The molecular formula is C18H22N2O3S. The molecular weight excluding hydrogens is 324 g/mol. The van der Waals surface area contributed by atoms with E-state index < -0.39 is 6.04 Å². The van der Waals surface area contributed by atoms with Gasteiger partial charge in [0.1, 0.15) is 6.04 Å². The van der Waals surface area contributed by atoms with E-state index in [2.05, 4.69) is 16.7 Å². The van der Waals surface area contributed by atoms with Gasteiger partial charge in [0.25, 0.3) is 5.91 Å². The highest BCUT2D eigenvalue weighted by Gasteiger charge is 2.30. The Morgan fingerprint density at radius 1 is 1.21 bits per heavy atom. The van der Waals surface area contributed by atoms with Gasteiger partial charge in [-0.1, -0.05) is 18.9 Å². The molecule has 0 radical (unpaired) electrons. The van der Waals surface area contributed by atoms with Crippen LogP contribution in [0.4, 0.5) is 0 Å². The summed E-state index contributed by atoms with van der Waals surface area (Å²) in [4.78, 5) is 25.7. The Kier molecular flexibility index (Phi) is 5.35. The molecule has 1 fully saturated rings. The lowest BCUT2D eigenvalue weighted by Gasteiger charge is -2.25. The molecule has 0 unspecified atom stereocenters. The number of carbonyl (C=O) groups excluding carboxylic acids is 2. The predicted octanol–water partition coefficient (Wildman–Crippen LogP) is 3.51. The summed E-state index contributed by atoms with van der Waals surface area (Å²) in [5.74, 6) is 0.136. The van der Waals surface area contributed by atoms with Crippen LogP contribution in [0.3, 0.4) is 0 Å². The van der Waals surface area contributed by atoms with Gasteiger partial charge >= 0.3 is 0 Å². The maximum Gasteiger partial charge on any atom is 0.287 e. The average Bonchev–Trinajstić information content (AvgIpc) is 3.35. The van der Waals surface area contributed by atoms with Crippen LogP contribution < -0.4 is 10.6 Å². The Hall–Kier alpha value is -2.08. The lowest BCUT2D eigenvalue weighted by atomic mass is 9.96. The lowest BCUT2D eigenvalue weighted by molar-refractivity contribution is -0.123. The zero-order valence-corrected chi connectivity index (χ0v) is 14.5. The molecule has 6 heteroatoms. The van der Waals surface area contributed by atoms with Crippen LogP contribution in [0.15, 0.2) is 40.3 Å². The Balaban J connectivity index is 1.63. The fraction of sp³-hybridized carbons (Fsp3) is 0.444. The number of carbonyl (C=O) groups is 2. The third-order valence-corrected chi connectivity index (χ3v) is 5.46. The molecule has 5 nitrogen and oxygen atoms in total. The van der Waals surface area contributed by atoms with Gasteiger partial charge in [0, 0.05) is 4.88 Å². The Morgan fingerprint density at radius 2 is 2.00 bits per heavy atom. The molecule has 2 aromatic heterocycles. The highest BCUT2D eigenvalue weighted by atomic mass is 32.1. The molecule has 2 amide bonds. The van der Waals surface area contributed by atoms with Crippen LogP contribution in [0, 0.1) is 5.92 Å². The highest BCUT2D eigenvalue weighted by Crippen LogP contribution is 2.37. The minimum atomic E-state index is -0.619. The van der Waals surface area contributed by atoms with E-state index in [4.69, 9.17) is 4.42 Å². The first-order chi connectivity index (χ1) is 11.6. The summed E-state index contributed by atoms with van der Waals surface area (Å²) in [6, 6.07) is 6.71. The van der Waals surface area contributed by atoms with Crippen molar-refractivity contribution in [3.63, 3.8) is 0 Å². The number of thiophene rings is 1. The first-order valence-corrected chi connectivity index (χ1v) is 9.21. The van der Waals surface area contributed by atoms with Crippen molar-refractivity contribution in [3.8, 4) is 0 Å². The summed E-state index contributed by atoms with van der Waals surface area (Å²) in [5.41, 5.74) is 0. The van der Waals surface area contributed by atoms with Crippen LogP contribution in [0.1, 0.15) is 54.1 Å². The largest absolute Gasteiger partial charge is 0.459 e. The number of amides is 2. The SMILES string of the molecule is C[C@H](NC(=O)c1ccco1)C(=O)N[C@@H](c1cccs1)C1CCCC1. The Bertz CT molecular complexity index is 661. The summed E-state index contributed by atoms with van der Waals surface area (Å²) in [6.45, 7) is 1.69. The van der Waals surface area contributed by atoms with Crippen LogP contribution in [-0.2, 0) is 4.79 Å². The maximum atomic E-state index is 12.6. The Morgan fingerprint density at radius 3 is 2.62 bits per heavy atom. The standard InChI is InChI=1S/C18H22N2O3S/c1-12(19-18(22)14-8-4-10-23-14)17(21)20-16(13-6-2-3-7-13)15-9-5-11-24-15/h4-5,8-13,16H,2-3,6-7H2,1H3,(H,19,22)(H,20,21)/t12-,16+/m0/s1. The van der Waals surface area contributed by atoms with Crippen LogP contribution in [-0.4, -0.2) is 17.9 Å².